The van der Waals surface area contributed by atoms with Gasteiger partial charge in [0.15, 0.2) is 0 Å². The molecule has 0 saturated heterocycles. The summed E-state index contributed by atoms with van der Waals surface area (Å²) in [5.74, 6) is -0.888. The number of aliphatic carboxylic acids is 1. The van der Waals surface area contributed by atoms with Gasteiger partial charge in [0.05, 0.1) is 11.6 Å². The number of rotatable bonds is 5. The molecule has 0 aliphatic heterocycles. The molecule has 0 spiro atoms. The SMILES string of the molecule is CC(CCC(=O)O)NC(=O)N(C)c1cccc(C#N)c1. The number of carboxylic acids is 1. The van der Waals surface area contributed by atoms with Gasteiger partial charge in [0.25, 0.3) is 0 Å². The summed E-state index contributed by atoms with van der Waals surface area (Å²) in [4.78, 5) is 23.8. The van der Waals surface area contributed by atoms with Gasteiger partial charge >= 0.3 is 12.0 Å². The molecule has 0 aliphatic carbocycles. The first-order valence-electron chi connectivity index (χ1n) is 6.20. The van der Waals surface area contributed by atoms with Crippen molar-refractivity contribution >= 4 is 17.7 Å². The van der Waals surface area contributed by atoms with Crippen molar-refractivity contribution in [2.75, 3.05) is 11.9 Å². The molecule has 6 nitrogen and oxygen atoms in total. The van der Waals surface area contributed by atoms with Crippen molar-refractivity contribution in [1.29, 1.82) is 5.26 Å². The molecular formula is C14H17N3O3. The fourth-order valence-corrected chi connectivity index (χ4v) is 1.62. The Labute approximate surface area is 117 Å². The number of carboxylic acid groups (broad SMARTS) is 1. The fraction of sp³-hybridized carbons (Fsp3) is 0.357. The topological polar surface area (TPSA) is 93.4 Å². The summed E-state index contributed by atoms with van der Waals surface area (Å²) < 4.78 is 0. The Hall–Kier alpha value is -2.55. The maximum absolute atomic E-state index is 12.0. The van der Waals surface area contributed by atoms with Crippen LogP contribution in [0.4, 0.5) is 10.5 Å². The van der Waals surface area contributed by atoms with Gasteiger partial charge in [0.1, 0.15) is 0 Å². The van der Waals surface area contributed by atoms with Crippen LogP contribution in [0.1, 0.15) is 25.3 Å². The Morgan fingerprint density at radius 2 is 2.20 bits per heavy atom. The number of nitrogens with one attached hydrogen (secondary N) is 1. The van der Waals surface area contributed by atoms with Gasteiger partial charge in [-0.15, -0.1) is 0 Å². The summed E-state index contributed by atoms with van der Waals surface area (Å²) in [7, 11) is 1.59. The predicted molar refractivity (Wildman–Crippen MR) is 74.4 cm³/mol. The smallest absolute Gasteiger partial charge is 0.321 e. The summed E-state index contributed by atoms with van der Waals surface area (Å²) in [6, 6.07) is 8.13. The number of carbonyl (C=O) groups is 2. The maximum Gasteiger partial charge on any atom is 0.321 e. The average Bonchev–Trinajstić information content (AvgIpc) is 2.44. The standard InChI is InChI=1S/C14H17N3O3/c1-10(6-7-13(18)19)16-14(20)17(2)12-5-3-4-11(8-12)9-15/h3-5,8,10H,6-7H2,1-2H3,(H,16,20)(H,18,19). The van der Waals surface area contributed by atoms with Crippen LogP contribution in [0.3, 0.4) is 0 Å². The van der Waals surface area contributed by atoms with Crippen LogP contribution in [-0.2, 0) is 4.79 Å². The number of urea groups is 1. The minimum atomic E-state index is -0.888. The van der Waals surface area contributed by atoms with Gasteiger partial charge in [-0.1, -0.05) is 6.07 Å². The normalized spacial score (nSPS) is 11.2. The predicted octanol–water partition coefficient (Wildman–Crippen LogP) is 1.96. The van der Waals surface area contributed by atoms with Crippen molar-refractivity contribution in [1.82, 2.24) is 5.32 Å². The van der Waals surface area contributed by atoms with E-state index in [0.717, 1.165) is 0 Å². The molecule has 1 aromatic carbocycles. The van der Waals surface area contributed by atoms with Gasteiger partial charge < -0.3 is 10.4 Å². The van der Waals surface area contributed by atoms with Gasteiger partial charge in [-0.05, 0) is 31.5 Å². The molecule has 1 aromatic rings. The van der Waals surface area contributed by atoms with Crippen molar-refractivity contribution in [2.24, 2.45) is 0 Å². The van der Waals surface area contributed by atoms with Gasteiger partial charge in [0, 0.05) is 25.2 Å². The van der Waals surface area contributed by atoms with Gasteiger partial charge in [-0.3, -0.25) is 9.69 Å². The molecule has 2 N–H and O–H groups in total. The number of hydrogen-bond acceptors (Lipinski definition) is 3. The van der Waals surface area contributed by atoms with Crippen LogP contribution in [0.2, 0.25) is 0 Å². The van der Waals surface area contributed by atoms with E-state index in [1.807, 2.05) is 6.07 Å². The molecule has 0 aromatic heterocycles. The number of nitriles is 1. The van der Waals surface area contributed by atoms with Crippen LogP contribution in [0.25, 0.3) is 0 Å². The molecule has 0 saturated carbocycles. The van der Waals surface area contributed by atoms with Crippen LogP contribution in [-0.4, -0.2) is 30.2 Å². The highest BCUT2D eigenvalue weighted by Crippen LogP contribution is 2.14. The first-order chi connectivity index (χ1) is 9.43. The third kappa shape index (κ3) is 4.61. The maximum atomic E-state index is 12.0. The largest absolute Gasteiger partial charge is 0.481 e. The van der Waals surface area contributed by atoms with Crippen LogP contribution in [0.5, 0.6) is 0 Å². The molecule has 0 bridgehead atoms. The fourth-order valence-electron chi connectivity index (χ4n) is 1.62. The molecule has 20 heavy (non-hydrogen) atoms. The second kappa shape index (κ2) is 7.14. The summed E-state index contributed by atoms with van der Waals surface area (Å²) >= 11 is 0. The van der Waals surface area contributed by atoms with Crippen molar-refractivity contribution in [3.63, 3.8) is 0 Å². The van der Waals surface area contributed by atoms with Crippen LogP contribution in [0, 0.1) is 11.3 Å². The lowest BCUT2D eigenvalue weighted by Crippen LogP contribution is -2.42. The summed E-state index contributed by atoms with van der Waals surface area (Å²) in [5.41, 5.74) is 1.08. The quantitative estimate of drug-likeness (QED) is 0.858. The highest BCUT2D eigenvalue weighted by Gasteiger charge is 2.14. The minimum Gasteiger partial charge on any atom is -0.481 e. The van der Waals surface area contributed by atoms with Crippen LogP contribution in [0.15, 0.2) is 24.3 Å². The Bertz CT molecular complexity index is 537. The molecule has 6 heteroatoms. The van der Waals surface area contributed by atoms with E-state index in [4.69, 9.17) is 10.4 Å². The molecule has 0 aliphatic rings. The lowest BCUT2D eigenvalue weighted by atomic mass is 10.2. The zero-order valence-corrected chi connectivity index (χ0v) is 11.5. The van der Waals surface area contributed by atoms with Crippen molar-refractivity contribution in [3.05, 3.63) is 29.8 Å². The third-order valence-corrected chi connectivity index (χ3v) is 2.83. The number of anilines is 1. The monoisotopic (exact) mass is 275 g/mol. The average molecular weight is 275 g/mol. The van der Waals surface area contributed by atoms with E-state index < -0.39 is 5.97 Å². The Morgan fingerprint density at radius 1 is 1.50 bits per heavy atom. The van der Waals surface area contributed by atoms with E-state index in [9.17, 15) is 9.59 Å². The van der Waals surface area contributed by atoms with E-state index >= 15 is 0 Å². The van der Waals surface area contributed by atoms with Gasteiger partial charge in [-0.25, -0.2) is 4.79 Å². The van der Waals surface area contributed by atoms with Crippen molar-refractivity contribution in [2.45, 2.75) is 25.8 Å². The third-order valence-electron chi connectivity index (χ3n) is 2.83. The first-order valence-corrected chi connectivity index (χ1v) is 6.20. The van der Waals surface area contributed by atoms with E-state index in [1.165, 1.54) is 4.90 Å². The number of nitrogens with zero attached hydrogens (tertiary/aromatic N) is 2. The van der Waals surface area contributed by atoms with E-state index in [-0.39, 0.29) is 18.5 Å². The molecular weight excluding hydrogens is 258 g/mol. The number of hydrogen-bond donors (Lipinski definition) is 2. The number of carbonyl (C=O) groups excluding carboxylic acids is 1. The summed E-state index contributed by atoms with van der Waals surface area (Å²) in [6.07, 6.45) is 0.377. The van der Waals surface area contributed by atoms with E-state index in [2.05, 4.69) is 5.32 Å². The van der Waals surface area contributed by atoms with Gasteiger partial charge in [-0.2, -0.15) is 5.26 Å². The Morgan fingerprint density at radius 3 is 2.80 bits per heavy atom. The number of benzene rings is 1. The van der Waals surface area contributed by atoms with E-state index in [0.29, 0.717) is 17.7 Å². The molecule has 0 radical (unpaired) electrons. The zero-order chi connectivity index (χ0) is 15.1. The lowest BCUT2D eigenvalue weighted by Gasteiger charge is -2.21. The molecule has 0 heterocycles. The Kier molecular flexibility index (Phi) is 5.54. The van der Waals surface area contributed by atoms with Crippen molar-refractivity contribution in [3.8, 4) is 6.07 Å². The second-order valence-corrected chi connectivity index (χ2v) is 4.50. The van der Waals surface area contributed by atoms with Crippen molar-refractivity contribution < 1.29 is 14.7 Å². The summed E-state index contributed by atoms with van der Waals surface area (Å²) in [6.45, 7) is 1.75. The highest BCUT2D eigenvalue weighted by atomic mass is 16.4. The van der Waals surface area contributed by atoms with Crippen LogP contribution >= 0.6 is 0 Å². The van der Waals surface area contributed by atoms with E-state index in [1.54, 1.807) is 38.2 Å². The zero-order valence-electron chi connectivity index (χ0n) is 11.5. The second-order valence-electron chi connectivity index (χ2n) is 4.50. The highest BCUT2D eigenvalue weighted by molar-refractivity contribution is 5.91. The van der Waals surface area contributed by atoms with Gasteiger partial charge in [0.2, 0.25) is 0 Å². The Balaban J connectivity index is 2.62. The molecule has 1 unspecified atom stereocenters. The summed E-state index contributed by atoms with van der Waals surface area (Å²) in [5, 5.41) is 20.1. The number of amides is 2. The molecule has 1 atom stereocenters. The molecule has 106 valence electrons. The molecule has 1 rings (SSSR count). The minimum absolute atomic E-state index is 0.00901. The first kappa shape index (κ1) is 15.5. The molecule has 2 amide bonds. The van der Waals surface area contributed by atoms with Crippen LogP contribution < -0.4 is 10.2 Å². The molecule has 0 fully saturated rings. The lowest BCUT2D eigenvalue weighted by molar-refractivity contribution is -0.137.